The van der Waals surface area contributed by atoms with Crippen molar-refractivity contribution in [3.05, 3.63) is 23.7 Å². The minimum atomic E-state index is -0.675. The van der Waals surface area contributed by atoms with Gasteiger partial charge >= 0.3 is 0 Å². The van der Waals surface area contributed by atoms with Gasteiger partial charge in [-0.25, -0.2) is 15.0 Å². The number of nitrogens with one attached hydrogen (secondary N) is 1. The van der Waals surface area contributed by atoms with Crippen LogP contribution in [0.3, 0.4) is 0 Å². The number of hydrogen-bond acceptors (Lipinski definition) is 10. The van der Waals surface area contributed by atoms with E-state index in [-0.39, 0.29) is 24.2 Å². The predicted octanol–water partition coefficient (Wildman–Crippen LogP) is 4.33. The highest BCUT2D eigenvalue weighted by Crippen LogP contribution is 2.54. The first-order valence-electron chi connectivity index (χ1n) is 11.7. The van der Waals surface area contributed by atoms with Gasteiger partial charge in [0.05, 0.1) is 39.4 Å². The molecule has 6 rings (SSSR count). The Morgan fingerprint density at radius 3 is 2.59 bits per heavy atom. The number of ether oxygens (including phenoxy) is 2. The van der Waals surface area contributed by atoms with Gasteiger partial charge in [0, 0.05) is 12.1 Å². The lowest BCUT2D eigenvalue weighted by atomic mass is 9.96. The zero-order valence-corrected chi connectivity index (χ0v) is 21.6. The quantitative estimate of drug-likeness (QED) is 0.392. The minimum Gasteiger partial charge on any atom is -0.389 e. The van der Waals surface area contributed by atoms with Gasteiger partial charge in [-0.15, -0.1) is 11.3 Å². The molecule has 0 aromatic carbocycles. The normalized spacial score (nSPS) is 28.9. The van der Waals surface area contributed by atoms with E-state index in [9.17, 15) is 5.11 Å². The smallest absolute Gasteiger partial charge is 0.189 e. The SMILES string of the molecule is CSc1nc(C)c(-c2nc3c(C)nccc3s2)c(NC2C[C@H](C3(O)CC3)[C@H]3OC(C)(C)O[C@@H]23)n1. The van der Waals surface area contributed by atoms with Gasteiger partial charge in [-0.1, -0.05) is 11.8 Å². The van der Waals surface area contributed by atoms with Crippen LogP contribution in [0.15, 0.2) is 17.4 Å². The van der Waals surface area contributed by atoms with E-state index >= 15 is 0 Å². The minimum absolute atomic E-state index is 0.0399. The number of nitrogens with zero attached hydrogens (tertiary/aromatic N) is 4. The molecule has 0 spiro atoms. The average Bonchev–Trinajstić information content (AvgIpc) is 3.10. The number of anilines is 1. The molecule has 3 aromatic heterocycles. The van der Waals surface area contributed by atoms with Gasteiger partial charge in [0.15, 0.2) is 10.9 Å². The highest BCUT2D eigenvalue weighted by atomic mass is 32.2. The molecule has 10 heteroatoms. The molecule has 1 saturated heterocycles. The molecule has 1 aliphatic heterocycles. The van der Waals surface area contributed by atoms with Gasteiger partial charge in [-0.2, -0.15) is 0 Å². The van der Waals surface area contributed by atoms with Gasteiger partial charge in [-0.05, 0) is 59.3 Å². The molecule has 0 amide bonds. The summed E-state index contributed by atoms with van der Waals surface area (Å²) in [6, 6.07) is 1.96. The Labute approximate surface area is 206 Å². The maximum absolute atomic E-state index is 11.0. The third kappa shape index (κ3) is 3.71. The molecule has 2 N–H and O–H groups in total. The third-order valence-electron chi connectivity index (χ3n) is 7.20. The van der Waals surface area contributed by atoms with Crippen molar-refractivity contribution in [1.29, 1.82) is 0 Å². The van der Waals surface area contributed by atoms with E-state index in [0.717, 1.165) is 57.3 Å². The van der Waals surface area contributed by atoms with Crippen LogP contribution < -0.4 is 5.32 Å². The van der Waals surface area contributed by atoms with Crippen LogP contribution in [-0.2, 0) is 9.47 Å². The number of hydrogen-bond donors (Lipinski definition) is 2. The number of thiazole rings is 1. The van der Waals surface area contributed by atoms with Crippen molar-refractivity contribution in [3.63, 3.8) is 0 Å². The van der Waals surface area contributed by atoms with Gasteiger partial charge < -0.3 is 19.9 Å². The molecule has 4 heterocycles. The van der Waals surface area contributed by atoms with Gasteiger partial charge in [0.2, 0.25) is 0 Å². The standard InChI is InChI=1S/C24H29N5O3S2/c1-11-16(21-28-17-12(2)25-9-6-15(17)34-21)20(29-22(26-11)33-5)27-14-10-13(24(30)7-8-24)18-19(14)32-23(3,4)31-18/h6,9,13-14,18-19,30H,7-8,10H2,1-5H3,(H,26,27,29)/t13-,14?,18+,19-/m0/s1. The summed E-state index contributed by atoms with van der Waals surface area (Å²) in [5.74, 6) is 0.118. The fourth-order valence-electron chi connectivity index (χ4n) is 5.41. The molecule has 180 valence electrons. The van der Waals surface area contributed by atoms with Crippen molar-refractivity contribution in [2.75, 3.05) is 11.6 Å². The summed E-state index contributed by atoms with van der Waals surface area (Å²) in [6.45, 7) is 7.87. The average molecular weight is 500 g/mol. The molecule has 8 nitrogen and oxygen atoms in total. The van der Waals surface area contributed by atoms with Crippen molar-refractivity contribution in [1.82, 2.24) is 19.9 Å². The lowest BCUT2D eigenvalue weighted by molar-refractivity contribution is -0.163. The van der Waals surface area contributed by atoms with Crippen LogP contribution in [-0.4, -0.2) is 60.9 Å². The zero-order valence-electron chi connectivity index (χ0n) is 20.0. The molecule has 0 bridgehead atoms. The summed E-state index contributed by atoms with van der Waals surface area (Å²) in [4.78, 5) is 18.9. The lowest BCUT2D eigenvalue weighted by Crippen LogP contribution is -2.35. The molecule has 0 radical (unpaired) electrons. The van der Waals surface area contributed by atoms with Crippen LogP contribution in [0.2, 0.25) is 0 Å². The molecule has 3 aromatic rings. The first kappa shape index (κ1) is 22.6. The summed E-state index contributed by atoms with van der Waals surface area (Å²) in [7, 11) is 0. The van der Waals surface area contributed by atoms with Gasteiger partial charge in [-0.3, -0.25) is 4.98 Å². The van der Waals surface area contributed by atoms with Gasteiger partial charge in [0.1, 0.15) is 22.4 Å². The number of aryl methyl sites for hydroxylation is 2. The Morgan fingerprint density at radius 2 is 1.88 bits per heavy atom. The van der Waals surface area contributed by atoms with Crippen LogP contribution in [0.5, 0.6) is 0 Å². The van der Waals surface area contributed by atoms with E-state index < -0.39 is 11.4 Å². The number of fused-ring (bicyclic) bond motifs is 2. The maximum atomic E-state index is 11.0. The van der Waals surface area contributed by atoms with Crippen LogP contribution in [0.25, 0.3) is 20.8 Å². The molecule has 34 heavy (non-hydrogen) atoms. The Bertz CT molecular complexity index is 1270. The van der Waals surface area contributed by atoms with E-state index in [1.165, 1.54) is 11.8 Å². The summed E-state index contributed by atoms with van der Waals surface area (Å²) in [5.41, 5.74) is 2.96. The fraction of sp³-hybridized carbons (Fsp3) is 0.583. The second-order valence-electron chi connectivity index (χ2n) is 10.0. The largest absolute Gasteiger partial charge is 0.389 e. The van der Waals surface area contributed by atoms with E-state index in [1.54, 1.807) is 11.3 Å². The number of rotatable bonds is 5. The lowest BCUT2D eigenvalue weighted by Gasteiger charge is -2.26. The first-order chi connectivity index (χ1) is 16.2. The number of aromatic nitrogens is 4. The summed E-state index contributed by atoms with van der Waals surface area (Å²) < 4.78 is 13.7. The second kappa shape index (κ2) is 7.83. The van der Waals surface area contributed by atoms with Gasteiger partial charge in [0.25, 0.3) is 0 Å². The highest BCUT2D eigenvalue weighted by molar-refractivity contribution is 7.98. The number of thioether (sulfide) groups is 1. The maximum Gasteiger partial charge on any atom is 0.189 e. The first-order valence-corrected chi connectivity index (χ1v) is 13.7. The van der Waals surface area contributed by atoms with Crippen LogP contribution in [0.1, 0.15) is 44.5 Å². The highest BCUT2D eigenvalue weighted by Gasteiger charge is 2.62. The van der Waals surface area contributed by atoms with Crippen molar-refractivity contribution in [2.45, 2.75) is 81.8 Å². The summed E-state index contributed by atoms with van der Waals surface area (Å²) >= 11 is 3.14. The van der Waals surface area contributed by atoms with Crippen molar-refractivity contribution >= 4 is 39.1 Å². The van der Waals surface area contributed by atoms with Crippen molar-refractivity contribution < 1.29 is 14.6 Å². The van der Waals surface area contributed by atoms with E-state index in [4.69, 9.17) is 24.4 Å². The Hall–Kier alpha value is -1.85. The topological polar surface area (TPSA) is 102 Å². The molecule has 3 aliphatic rings. The predicted molar refractivity (Wildman–Crippen MR) is 133 cm³/mol. The summed E-state index contributed by atoms with van der Waals surface area (Å²) in [5, 5.41) is 16.3. The molecular weight excluding hydrogens is 470 g/mol. The van der Waals surface area contributed by atoms with Crippen LogP contribution >= 0.6 is 23.1 Å². The molecule has 2 saturated carbocycles. The van der Waals surface area contributed by atoms with Crippen LogP contribution in [0, 0.1) is 19.8 Å². The monoisotopic (exact) mass is 499 g/mol. The zero-order chi connectivity index (χ0) is 23.8. The molecular formula is C24H29N5O3S2. The molecule has 2 aliphatic carbocycles. The molecule has 3 fully saturated rings. The fourth-order valence-corrected chi connectivity index (χ4v) is 6.93. The Balaban J connectivity index is 1.41. The Morgan fingerprint density at radius 1 is 1.12 bits per heavy atom. The van der Waals surface area contributed by atoms with Crippen molar-refractivity contribution in [3.8, 4) is 10.6 Å². The third-order valence-corrected chi connectivity index (χ3v) is 8.78. The van der Waals surface area contributed by atoms with Crippen molar-refractivity contribution in [2.24, 2.45) is 5.92 Å². The van der Waals surface area contributed by atoms with E-state index in [0.29, 0.717) is 5.16 Å². The van der Waals surface area contributed by atoms with E-state index in [2.05, 4.69) is 10.3 Å². The summed E-state index contributed by atoms with van der Waals surface area (Å²) in [6.07, 6.45) is 5.91. The number of pyridine rings is 1. The number of aliphatic hydroxyl groups is 1. The Kier molecular flexibility index (Phi) is 5.20. The second-order valence-corrected chi connectivity index (χ2v) is 11.8. The molecule has 4 atom stereocenters. The van der Waals surface area contributed by atoms with E-state index in [1.807, 2.05) is 46.2 Å². The van der Waals surface area contributed by atoms with Crippen LogP contribution in [0.4, 0.5) is 5.82 Å². The molecule has 1 unspecified atom stereocenters.